The summed E-state index contributed by atoms with van der Waals surface area (Å²) in [5.41, 5.74) is 1.28. The molecule has 0 radical (unpaired) electrons. The summed E-state index contributed by atoms with van der Waals surface area (Å²) in [6.07, 6.45) is 10.2. The number of piperidine rings is 2. The van der Waals surface area contributed by atoms with Crippen LogP contribution in [0.15, 0.2) is 23.8 Å². The van der Waals surface area contributed by atoms with E-state index in [0.717, 1.165) is 56.2 Å². The second kappa shape index (κ2) is 10.5. The van der Waals surface area contributed by atoms with E-state index in [1.807, 2.05) is 4.90 Å². The molecule has 4 rings (SSSR count). The quantitative estimate of drug-likeness (QED) is 0.732. The number of carbonyl (C=O) groups excluding carboxylic acids is 2. The molecule has 5 nitrogen and oxygen atoms in total. The fourth-order valence-electron chi connectivity index (χ4n) is 5.10. The van der Waals surface area contributed by atoms with Crippen molar-refractivity contribution in [1.29, 1.82) is 0 Å². The van der Waals surface area contributed by atoms with Crippen molar-refractivity contribution < 1.29 is 18.4 Å². The lowest BCUT2D eigenvalue weighted by molar-refractivity contribution is -0.137. The van der Waals surface area contributed by atoms with Crippen LogP contribution >= 0.6 is 0 Å². The number of likely N-dealkylation sites (tertiary alicyclic amines) is 2. The summed E-state index contributed by atoms with van der Waals surface area (Å²) in [5.74, 6) is -0.389. The number of urea groups is 1. The van der Waals surface area contributed by atoms with Crippen molar-refractivity contribution in [3.63, 3.8) is 0 Å². The van der Waals surface area contributed by atoms with Gasteiger partial charge in [0.15, 0.2) is 0 Å². The van der Waals surface area contributed by atoms with Gasteiger partial charge in [0, 0.05) is 43.7 Å². The van der Waals surface area contributed by atoms with Crippen LogP contribution in [0.2, 0.25) is 0 Å². The number of halogens is 2. The van der Waals surface area contributed by atoms with Crippen LogP contribution in [-0.2, 0) is 4.79 Å². The molecular weight excluding hydrogens is 412 g/mol. The number of rotatable bonds is 3. The molecule has 32 heavy (non-hydrogen) atoms. The van der Waals surface area contributed by atoms with Gasteiger partial charge in [-0.3, -0.25) is 4.79 Å². The molecule has 2 heterocycles. The molecule has 0 spiro atoms. The molecule has 3 fully saturated rings. The van der Waals surface area contributed by atoms with Gasteiger partial charge in [-0.1, -0.05) is 30.9 Å². The molecule has 1 aromatic rings. The highest BCUT2D eigenvalue weighted by atomic mass is 19.1. The fourth-order valence-corrected chi connectivity index (χ4v) is 5.10. The van der Waals surface area contributed by atoms with Crippen LogP contribution in [-0.4, -0.2) is 54.0 Å². The third-order valence-corrected chi connectivity index (χ3v) is 7.10. The van der Waals surface area contributed by atoms with Crippen LogP contribution in [0.5, 0.6) is 0 Å². The molecule has 1 aliphatic carbocycles. The monoisotopic (exact) mass is 445 g/mol. The Morgan fingerprint density at radius 2 is 1.59 bits per heavy atom. The molecule has 3 amide bonds. The Bertz CT molecular complexity index is 849. The number of nitrogens with one attached hydrogen (secondary N) is 1. The van der Waals surface area contributed by atoms with E-state index in [1.165, 1.54) is 12.5 Å². The SMILES string of the molecule is O=C(NC1CCN(C(=O)C2CCCCC2)CC1)N1CCC(=Cc2cc(F)ccc2F)CC1. The molecule has 0 aromatic heterocycles. The maximum absolute atomic E-state index is 13.9. The van der Waals surface area contributed by atoms with Crippen LogP contribution < -0.4 is 5.32 Å². The standard InChI is InChI=1S/C25H33F2N3O2/c26-21-6-7-23(27)20(17-21)16-18-8-12-30(13-9-18)25(32)28-22-10-14-29(15-11-22)24(31)19-4-2-1-3-5-19/h6-7,16-17,19,22H,1-5,8-15H2,(H,28,32). The summed E-state index contributed by atoms with van der Waals surface area (Å²) in [6, 6.07) is 3.47. The number of hydrogen-bond donors (Lipinski definition) is 1. The summed E-state index contributed by atoms with van der Waals surface area (Å²) in [6.45, 7) is 2.56. The maximum atomic E-state index is 13.9. The Balaban J connectivity index is 1.21. The first kappa shape index (κ1) is 22.7. The summed E-state index contributed by atoms with van der Waals surface area (Å²) in [7, 11) is 0. The number of amides is 3. The topological polar surface area (TPSA) is 52.7 Å². The Morgan fingerprint density at radius 3 is 2.28 bits per heavy atom. The molecule has 1 aromatic carbocycles. The van der Waals surface area contributed by atoms with Crippen molar-refractivity contribution in [2.45, 2.75) is 63.8 Å². The Kier molecular flexibility index (Phi) is 7.43. The first-order valence-electron chi connectivity index (χ1n) is 12.0. The maximum Gasteiger partial charge on any atom is 0.317 e. The molecule has 0 bridgehead atoms. The van der Waals surface area contributed by atoms with Gasteiger partial charge in [0.1, 0.15) is 11.6 Å². The molecular formula is C25H33F2N3O2. The molecule has 1 N–H and O–H groups in total. The second-order valence-electron chi connectivity index (χ2n) is 9.34. The average Bonchev–Trinajstić information content (AvgIpc) is 2.82. The zero-order chi connectivity index (χ0) is 22.5. The third kappa shape index (κ3) is 5.67. The fraction of sp³-hybridized carbons (Fsp3) is 0.600. The molecule has 3 aliphatic rings. The van der Waals surface area contributed by atoms with E-state index in [9.17, 15) is 18.4 Å². The predicted molar refractivity (Wildman–Crippen MR) is 120 cm³/mol. The van der Waals surface area contributed by atoms with Crippen LogP contribution in [0, 0.1) is 17.6 Å². The molecule has 0 unspecified atom stereocenters. The summed E-state index contributed by atoms with van der Waals surface area (Å²) >= 11 is 0. The van der Waals surface area contributed by atoms with Crippen LogP contribution in [0.25, 0.3) is 6.08 Å². The first-order valence-corrected chi connectivity index (χ1v) is 12.0. The highest BCUT2D eigenvalue weighted by Crippen LogP contribution is 2.27. The van der Waals surface area contributed by atoms with Crippen molar-refractivity contribution in [2.75, 3.05) is 26.2 Å². The minimum Gasteiger partial charge on any atom is -0.342 e. The number of carbonyl (C=O) groups is 2. The zero-order valence-corrected chi connectivity index (χ0v) is 18.6. The van der Waals surface area contributed by atoms with Crippen molar-refractivity contribution in [1.82, 2.24) is 15.1 Å². The molecule has 2 aliphatic heterocycles. The number of hydrogen-bond acceptors (Lipinski definition) is 2. The Hall–Kier alpha value is -2.44. The number of nitrogens with zero attached hydrogens (tertiary/aromatic N) is 2. The largest absolute Gasteiger partial charge is 0.342 e. The van der Waals surface area contributed by atoms with Gasteiger partial charge in [0.25, 0.3) is 0 Å². The predicted octanol–water partition coefficient (Wildman–Crippen LogP) is 4.72. The van der Waals surface area contributed by atoms with Crippen LogP contribution in [0.3, 0.4) is 0 Å². The van der Waals surface area contributed by atoms with Gasteiger partial charge in [0.2, 0.25) is 5.91 Å². The van der Waals surface area contributed by atoms with Crippen molar-refractivity contribution in [3.05, 3.63) is 41.0 Å². The smallest absolute Gasteiger partial charge is 0.317 e. The summed E-state index contributed by atoms with van der Waals surface area (Å²) in [5, 5.41) is 3.13. The molecule has 0 atom stereocenters. The molecule has 7 heteroatoms. The Morgan fingerprint density at radius 1 is 0.906 bits per heavy atom. The normalized spacial score (nSPS) is 20.9. The lowest BCUT2D eigenvalue weighted by Crippen LogP contribution is -2.52. The van der Waals surface area contributed by atoms with Gasteiger partial charge in [-0.15, -0.1) is 0 Å². The van der Waals surface area contributed by atoms with E-state index in [-0.39, 0.29) is 23.6 Å². The van der Waals surface area contributed by atoms with Crippen LogP contribution in [0.1, 0.15) is 63.4 Å². The van der Waals surface area contributed by atoms with Gasteiger partial charge in [-0.05, 0) is 56.7 Å². The average molecular weight is 446 g/mol. The van der Waals surface area contributed by atoms with Crippen LogP contribution in [0.4, 0.5) is 13.6 Å². The van der Waals surface area contributed by atoms with E-state index in [2.05, 4.69) is 5.32 Å². The lowest BCUT2D eigenvalue weighted by Gasteiger charge is -2.36. The second-order valence-corrected chi connectivity index (χ2v) is 9.34. The van der Waals surface area contributed by atoms with E-state index < -0.39 is 11.6 Å². The summed E-state index contributed by atoms with van der Waals surface area (Å²) in [4.78, 5) is 29.2. The van der Waals surface area contributed by atoms with Gasteiger partial charge in [-0.25, -0.2) is 13.6 Å². The van der Waals surface area contributed by atoms with E-state index in [4.69, 9.17) is 0 Å². The minimum absolute atomic E-state index is 0.0713. The zero-order valence-electron chi connectivity index (χ0n) is 18.6. The third-order valence-electron chi connectivity index (χ3n) is 7.10. The van der Waals surface area contributed by atoms with E-state index in [0.29, 0.717) is 44.9 Å². The van der Waals surface area contributed by atoms with Gasteiger partial charge < -0.3 is 15.1 Å². The summed E-state index contributed by atoms with van der Waals surface area (Å²) < 4.78 is 27.2. The van der Waals surface area contributed by atoms with Gasteiger partial charge >= 0.3 is 6.03 Å². The van der Waals surface area contributed by atoms with Crippen molar-refractivity contribution in [2.24, 2.45) is 5.92 Å². The van der Waals surface area contributed by atoms with Gasteiger partial charge in [0.05, 0.1) is 0 Å². The minimum atomic E-state index is -0.457. The lowest BCUT2D eigenvalue weighted by atomic mass is 9.87. The van der Waals surface area contributed by atoms with Gasteiger partial charge in [-0.2, -0.15) is 0 Å². The molecule has 2 saturated heterocycles. The highest BCUT2D eigenvalue weighted by molar-refractivity contribution is 5.79. The Labute approximate surface area is 188 Å². The molecule has 174 valence electrons. The van der Waals surface area contributed by atoms with E-state index in [1.54, 1.807) is 11.0 Å². The first-order chi connectivity index (χ1) is 15.5. The highest BCUT2D eigenvalue weighted by Gasteiger charge is 2.30. The number of benzene rings is 1. The van der Waals surface area contributed by atoms with E-state index >= 15 is 0 Å². The van der Waals surface area contributed by atoms with Crippen molar-refractivity contribution >= 4 is 18.0 Å². The van der Waals surface area contributed by atoms with Crippen molar-refractivity contribution in [3.8, 4) is 0 Å². The molecule has 1 saturated carbocycles.